The molecule has 4 nitrogen and oxygen atoms in total. The maximum Gasteiger partial charge on any atom is 0.123 e. The molecule has 1 aromatic rings. The van der Waals surface area contributed by atoms with Crippen LogP contribution in [0.1, 0.15) is 31.2 Å². The SMILES string of the molecule is NCc1ccccc1OCC(O)CN(CC1CC1)C1CC1. The van der Waals surface area contributed by atoms with Crippen molar-refractivity contribution in [3.8, 4) is 5.75 Å². The third-order valence-electron chi connectivity index (χ3n) is 4.32. The standard InChI is InChI=1S/C17H26N2O2/c18-9-14-3-1-2-4-17(14)21-12-16(20)11-19(15-7-8-15)10-13-5-6-13/h1-4,13,15-16,20H,5-12,18H2. The lowest BCUT2D eigenvalue weighted by atomic mass is 10.2. The summed E-state index contributed by atoms with van der Waals surface area (Å²) in [6.07, 6.45) is 4.86. The van der Waals surface area contributed by atoms with Gasteiger partial charge in [0.1, 0.15) is 18.5 Å². The highest BCUT2D eigenvalue weighted by molar-refractivity contribution is 5.32. The van der Waals surface area contributed by atoms with Crippen LogP contribution >= 0.6 is 0 Å². The van der Waals surface area contributed by atoms with E-state index in [1.807, 2.05) is 24.3 Å². The molecule has 0 bridgehead atoms. The van der Waals surface area contributed by atoms with Gasteiger partial charge in [-0.25, -0.2) is 0 Å². The average molecular weight is 290 g/mol. The highest BCUT2D eigenvalue weighted by Gasteiger charge is 2.34. The molecule has 4 heteroatoms. The quantitative estimate of drug-likeness (QED) is 0.727. The third kappa shape index (κ3) is 4.43. The van der Waals surface area contributed by atoms with E-state index in [-0.39, 0.29) is 0 Å². The van der Waals surface area contributed by atoms with Crippen molar-refractivity contribution in [2.45, 2.75) is 44.4 Å². The molecule has 0 saturated heterocycles. The molecule has 2 aliphatic rings. The summed E-state index contributed by atoms with van der Waals surface area (Å²) in [6, 6.07) is 8.47. The second kappa shape index (κ2) is 6.77. The molecule has 0 aliphatic heterocycles. The summed E-state index contributed by atoms with van der Waals surface area (Å²) in [6.45, 7) is 2.68. The molecular formula is C17H26N2O2. The first-order valence-corrected chi connectivity index (χ1v) is 8.09. The Morgan fingerprint density at radius 1 is 1.24 bits per heavy atom. The van der Waals surface area contributed by atoms with Crippen molar-refractivity contribution in [1.29, 1.82) is 0 Å². The summed E-state index contributed by atoms with van der Waals surface area (Å²) in [5, 5.41) is 10.3. The van der Waals surface area contributed by atoms with Gasteiger partial charge in [0, 0.05) is 31.2 Å². The molecule has 1 aromatic carbocycles. The van der Waals surface area contributed by atoms with E-state index in [1.54, 1.807) is 0 Å². The van der Waals surface area contributed by atoms with Crippen LogP contribution in [0.3, 0.4) is 0 Å². The van der Waals surface area contributed by atoms with Crippen molar-refractivity contribution >= 4 is 0 Å². The van der Waals surface area contributed by atoms with E-state index < -0.39 is 6.10 Å². The Morgan fingerprint density at radius 3 is 2.67 bits per heavy atom. The van der Waals surface area contributed by atoms with Crippen molar-refractivity contribution < 1.29 is 9.84 Å². The fourth-order valence-electron chi connectivity index (χ4n) is 2.77. The Balaban J connectivity index is 1.47. The highest BCUT2D eigenvalue weighted by atomic mass is 16.5. The van der Waals surface area contributed by atoms with Gasteiger partial charge in [-0.2, -0.15) is 0 Å². The van der Waals surface area contributed by atoms with Crippen molar-refractivity contribution in [1.82, 2.24) is 4.90 Å². The van der Waals surface area contributed by atoms with E-state index in [0.717, 1.165) is 30.3 Å². The summed E-state index contributed by atoms with van der Waals surface area (Å²) < 4.78 is 5.75. The molecule has 0 spiro atoms. The lowest BCUT2D eigenvalue weighted by Gasteiger charge is -2.25. The van der Waals surface area contributed by atoms with Gasteiger partial charge in [0.2, 0.25) is 0 Å². The smallest absolute Gasteiger partial charge is 0.123 e. The zero-order valence-electron chi connectivity index (χ0n) is 12.6. The van der Waals surface area contributed by atoms with Gasteiger partial charge in [-0.05, 0) is 37.7 Å². The van der Waals surface area contributed by atoms with Gasteiger partial charge in [-0.1, -0.05) is 18.2 Å². The van der Waals surface area contributed by atoms with E-state index in [9.17, 15) is 5.11 Å². The summed E-state index contributed by atoms with van der Waals surface area (Å²) in [5.41, 5.74) is 6.68. The van der Waals surface area contributed by atoms with E-state index in [1.165, 1.54) is 25.7 Å². The number of hydrogen-bond acceptors (Lipinski definition) is 4. The zero-order chi connectivity index (χ0) is 14.7. The molecule has 0 radical (unpaired) electrons. The number of para-hydroxylation sites is 1. The van der Waals surface area contributed by atoms with Crippen LogP contribution in [0, 0.1) is 5.92 Å². The number of ether oxygens (including phenoxy) is 1. The largest absolute Gasteiger partial charge is 0.491 e. The molecule has 2 aliphatic carbocycles. The van der Waals surface area contributed by atoms with Gasteiger partial charge in [-0.3, -0.25) is 4.90 Å². The van der Waals surface area contributed by atoms with Crippen LogP contribution in [0.5, 0.6) is 5.75 Å². The lowest BCUT2D eigenvalue weighted by molar-refractivity contribution is 0.0634. The Labute approximate surface area is 126 Å². The monoisotopic (exact) mass is 290 g/mol. The summed E-state index contributed by atoms with van der Waals surface area (Å²) in [4.78, 5) is 2.46. The molecule has 0 aromatic heterocycles. The van der Waals surface area contributed by atoms with E-state index in [4.69, 9.17) is 10.5 Å². The predicted molar refractivity (Wildman–Crippen MR) is 83.2 cm³/mol. The molecule has 116 valence electrons. The first kappa shape index (κ1) is 14.8. The third-order valence-corrected chi connectivity index (χ3v) is 4.32. The van der Waals surface area contributed by atoms with Crippen molar-refractivity contribution in [3.05, 3.63) is 29.8 Å². The summed E-state index contributed by atoms with van der Waals surface area (Å²) >= 11 is 0. The molecule has 2 saturated carbocycles. The van der Waals surface area contributed by atoms with Crippen LogP contribution in [0.2, 0.25) is 0 Å². The second-order valence-corrected chi connectivity index (χ2v) is 6.41. The van der Waals surface area contributed by atoms with Gasteiger partial charge < -0.3 is 15.6 Å². The van der Waals surface area contributed by atoms with Gasteiger partial charge in [0.15, 0.2) is 0 Å². The number of aliphatic hydroxyl groups excluding tert-OH is 1. The summed E-state index contributed by atoms with van der Waals surface area (Å²) in [5.74, 6) is 1.66. The maximum atomic E-state index is 10.3. The molecule has 2 fully saturated rings. The van der Waals surface area contributed by atoms with E-state index >= 15 is 0 Å². The number of nitrogens with zero attached hydrogens (tertiary/aromatic N) is 1. The molecule has 21 heavy (non-hydrogen) atoms. The number of aliphatic hydroxyl groups is 1. The average Bonchev–Trinajstić information content (AvgIpc) is 3.37. The minimum absolute atomic E-state index is 0.338. The Hall–Kier alpha value is -1.10. The Morgan fingerprint density at radius 2 is 2.00 bits per heavy atom. The van der Waals surface area contributed by atoms with E-state index in [2.05, 4.69) is 4.90 Å². The van der Waals surface area contributed by atoms with Gasteiger partial charge in [-0.15, -0.1) is 0 Å². The van der Waals surface area contributed by atoms with Gasteiger partial charge in [0.05, 0.1) is 0 Å². The summed E-state index contributed by atoms with van der Waals surface area (Å²) in [7, 11) is 0. The van der Waals surface area contributed by atoms with Crippen LogP contribution in [0.25, 0.3) is 0 Å². The highest BCUT2D eigenvalue weighted by Crippen LogP contribution is 2.34. The van der Waals surface area contributed by atoms with E-state index in [0.29, 0.717) is 19.2 Å². The fraction of sp³-hybridized carbons (Fsp3) is 0.647. The van der Waals surface area contributed by atoms with Gasteiger partial charge >= 0.3 is 0 Å². The molecule has 1 unspecified atom stereocenters. The zero-order valence-corrected chi connectivity index (χ0v) is 12.6. The van der Waals surface area contributed by atoms with Crippen molar-refractivity contribution in [3.63, 3.8) is 0 Å². The van der Waals surface area contributed by atoms with Crippen molar-refractivity contribution in [2.75, 3.05) is 19.7 Å². The number of nitrogens with two attached hydrogens (primary N) is 1. The van der Waals surface area contributed by atoms with Crippen LogP contribution in [-0.4, -0.2) is 41.8 Å². The fourth-order valence-corrected chi connectivity index (χ4v) is 2.77. The number of rotatable bonds is 9. The minimum atomic E-state index is -0.435. The predicted octanol–water partition coefficient (Wildman–Crippen LogP) is 1.76. The lowest BCUT2D eigenvalue weighted by Crippen LogP contribution is -2.38. The molecule has 3 rings (SSSR count). The topological polar surface area (TPSA) is 58.7 Å². The molecular weight excluding hydrogens is 264 g/mol. The first-order valence-electron chi connectivity index (χ1n) is 8.09. The Bertz CT molecular complexity index is 458. The van der Waals surface area contributed by atoms with Crippen LogP contribution < -0.4 is 10.5 Å². The molecule has 0 heterocycles. The van der Waals surface area contributed by atoms with Crippen molar-refractivity contribution in [2.24, 2.45) is 11.7 Å². The maximum absolute atomic E-state index is 10.3. The number of hydrogen-bond donors (Lipinski definition) is 2. The normalized spacial score (nSPS) is 19.8. The molecule has 0 amide bonds. The minimum Gasteiger partial charge on any atom is -0.491 e. The van der Waals surface area contributed by atoms with Crippen LogP contribution in [0.15, 0.2) is 24.3 Å². The van der Waals surface area contributed by atoms with Crippen LogP contribution in [-0.2, 0) is 6.54 Å². The molecule has 3 N–H and O–H groups in total. The molecule has 1 atom stereocenters. The van der Waals surface area contributed by atoms with Gasteiger partial charge in [0.25, 0.3) is 0 Å². The Kier molecular flexibility index (Phi) is 4.78. The number of benzene rings is 1. The second-order valence-electron chi connectivity index (χ2n) is 6.41. The van der Waals surface area contributed by atoms with Crippen LogP contribution in [0.4, 0.5) is 0 Å². The first-order chi connectivity index (χ1) is 10.3.